The van der Waals surface area contributed by atoms with Gasteiger partial charge in [0.05, 0.1) is 7.82 Å². The maximum Gasteiger partial charge on any atom is 0.205 e. The van der Waals surface area contributed by atoms with E-state index in [1.165, 1.54) is 0 Å². The second-order valence-electron chi connectivity index (χ2n) is 1.07. The van der Waals surface area contributed by atoms with E-state index in [1.54, 1.807) is 0 Å². The lowest BCUT2D eigenvalue weighted by Gasteiger charge is -2.33. The van der Waals surface area contributed by atoms with E-state index in [9.17, 15) is 23.8 Å². The van der Waals surface area contributed by atoms with Gasteiger partial charge in [0.2, 0.25) is 7.75 Å². The molecule has 0 aromatic heterocycles. The standard InChI is InChI=1S/H5NO6P2/c1-8(2,3)7-9(4,5)6/h(H3,1,2,3)(H2,4,5,6)/p-3. The lowest BCUT2D eigenvalue weighted by Crippen LogP contribution is -2.21. The molecule has 0 saturated carbocycles. The molecule has 0 heterocycles. The summed E-state index contributed by atoms with van der Waals surface area (Å²) in [6, 6.07) is 0. The summed E-state index contributed by atoms with van der Waals surface area (Å²) in [5, 5.41) is 0. The van der Waals surface area contributed by atoms with E-state index in [1.807, 2.05) is 0 Å². The molecule has 0 spiro atoms. The summed E-state index contributed by atoms with van der Waals surface area (Å²) in [6.45, 7) is 0. The average Bonchev–Trinajstić information content (AvgIpc) is 1.14. The molecule has 2 N–H and O–H groups in total. The quantitative estimate of drug-likeness (QED) is 0.447. The second kappa shape index (κ2) is 2.48. The van der Waals surface area contributed by atoms with Crippen LogP contribution in [0.1, 0.15) is 0 Å². The first-order valence-corrected chi connectivity index (χ1v) is 4.61. The Bertz CT molecular complexity index is 151. The van der Waals surface area contributed by atoms with Crippen LogP contribution >= 0.6 is 15.6 Å². The van der Waals surface area contributed by atoms with Crippen molar-refractivity contribution in [1.82, 2.24) is 0 Å². The van der Waals surface area contributed by atoms with Crippen LogP contribution < -0.4 is 20.2 Å². The molecular formula is H2NO6P2-3. The van der Waals surface area contributed by atoms with E-state index in [0.29, 0.717) is 0 Å². The molecule has 0 aliphatic rings. The van der Waals surface area contributed by atoms with Gasteiger partial charge in [0.25, 0.3) is 0 Å². The van der Waals surface area contributed by atoms with Crippen LogP contribution in [0.3, 0.4) is 0 Å². The van der Waals surface area contributed by atoms with Crippen LogP contribution in [-0.4, -0.2) is 0 Å². The van der Waals surface area contributed by atoms with Crippen molar-refractivity contribution < 1.29 is 28.1 Å². The fourth-order valence-corrected chi connectivity index (χ4v) is 1.25. The van der Waals surface area contributed by atoms with Gasteiger partial charge in [0, 0.05) is 0 Å². The number of hydrogen-bond acceptors (Lipinski definition) is 6. The topological polar surface area (TPSA) is 139 Å². The highest BCUT2D eigenvalue weighted by molar-refractivity contribution is 7.60. The third-order valence-corrected chi connectivity index (χ3v) is 1.92. The van der Waals surface area contributed by atoms with Crippen LogP contribution in [0.15, 0.2) is 0 Å². The van der Waals surface area contributed by atoms with Crippen LogP contribution in [-0.2, 0) is 13.4 Å². The van der Waals surface area contributed by atoms with Gasteiger partial charge in [-0.25, -0.2) is 0 Å². The molecule has 0 aromatic carbocycles. The molecule has 56 valence electrons. The highest BCUT2D eigenvalue weighted by atomic mass is 31.3. The molecule has 0 fully saturated rings. The SMILES string of the molecule is NP(=O)([O-])OP(=O)([O-])[O-]. The van der Waals surface area contributed by atoms with Crippen molar-refractivity contribution in [1.29, 1.82) is 0 Å². The Morgan fingerprint density at radius 2 is 1.56 bits per heavy atom. The summed E-state index contributed by atoms with van der Waals surface area (Å²) < 4.78 is 21.9. The highest BCUT2D eigenvalue weighted by Gasteiger charge is 2.00. The fourth-order valence-electron chi connectivity index (χ4n) is 0.139. The molecule has 9 heavy (non-hydrogen) atoms. The minimum absolute atomic E-state index is 2.85. The van der Waals surface area contributed by atoms with Gasteiger partial charge < -0.3 is 19.2 Å². The molecule has 0 aliphatic heterocycles. The molecule has 0 amide bonds. The van der Waals surface area contributed by atoms with Crippen molar-refractivity contribution >= 4 is 15.6 Å². The predicted molar refractivity (Wildman–Crippen MR) is 20.5 cm³/mol. The zero-order chi connectivity index (χ0) is 7.71. The number of hydrogen-bond donors (Lipinski definition) is 1. The van der Waals surface area contributed by atoms with Crippen molar-refractivity contribution in [3.05, 3.63) is 0 Å². The van der Waals surface area contributed by atoms with E-state index >= 15 is 0 Å². The van der Waals surface area contributed by atoms with Gasteiger partial charge in [-0.2, -0.15) is 0 Å². The highest BCUT2D eigenvalue weighted by Crippen LogP contribution is 2.43. The first-order chi connectivity index (χ1) is 3.71. The first kappa shape index (κ1) is 9.26. The lowest BCUT2D eigenvalue weighted by molar-refractivity contribution is -0.337. The Balaban J connectivity index is 4.07. The summed E-state index contributed by atoms with van der Waals surface area (Å²) in [5.74, 6) is 0. The Labute approximate surface area is 50.3 Å². The summed E-state index contributed by atoms with van der Waals surface area (Å²) in [5.41, 5.74) is 4.03. The summed E-state index contributed by atoms with van der Waals surface area (Å²) in [7, 11) is -10.4. The Hall–Kier alpha value is 0.260. The first-order valence-electron chi connectivity index (χ1n) is 1.54. The van der Waals surface area contributed by atoms with Crippen LogP contribution in [0.5, 0.6) is 0 Å². The maximum atomic E-state index is 9.66. The predicted octanol–water partition coefficient (Wildman–Crippen LogP) is -2.74. The van der Waals surface area contributed by atoms with Crippen LogP contribution in [0.25, 0.3) is 0 Å². The normalized spacial score (nSPS) is 19.1. The zero-order valence-electron chi connectivity index (χ0n) is 3.92. The molecule has 1 unspecified atom stereocenters. The van der Waals surface area contributed by atoms with Crippen LogP contribution in [0, 0.1) is 0 Å². The Kier molecular flexibility index (Phi) is 2.55. The Morgan fingerprint density at radius 3 is 1.56 bits per heavy atom. The van der Waals surface area contributed by atoms with Crippen LogP contribution in [0.2, 0.25) is 0 Å². The minimum atomic E-state index is -5.49. The third kappa shape index (κ3) is 8.26. The molecule has 0 aromatic rings. The maximum absolute atomic E-state index is 9.66. The van der Waals surface area contributed by atoms with Gasteiger partial charge in [0.1, 0.15) is 0 Å². The van der Waals surface area contributed by atoms with Crippen molar-refractivity contribution in [3.8, 4) is 0 Å². The largest absolute Gasteiger partial charge is 0.790 e. The van der Waals surface area contributed by atoms with Crippen molar-refractivity contribution in [2.24, 2.45) is 5.50 Å². The van der Waals surface area contributed by atoms with Gasteiger partial charge in [-0.15, -0.1) is 0 Å². The summed E-state index contributed by atoms with van der Waals surface area (Å²) >= 11 is 0. The summed E-state index contributed by atoms with van der Waals surface area (Å²) in [4.78, 5) is 28.5. The minimum Gasteiger partial charge on any atom is -0.790 e. The number of rotatable bonds is 2. The van der Waals surface area contributed by atoms with E-state index in [-0.39, 0.29) is 0 Å². The van der Waals surface area contributed by atoms with E-state index in [0.717, 1.165) is 0 Å². The molecule has 7 nitrogen and oxygen atoms in total. The smallest absolute Gasteiger partial charge is 0.205 e. The number of phosphoric acid groups is 1. The van der Waals surface area contributed by atoms with Crippen molar-refractivity contribution in [2.75, 3.05) is 0 Å². The monoisotopic (exact) mass is 174 g/mol. The molecule has 9 heteroatoms. The fraction of sp³-hybridized carbons (Fsp3) is 0. The third-order valence-electron chi connectivity index (χ3n) is 0.214. The molecule has 0 aliphatic carbocycles. The molecule has 0 bridgehead atoms. The molecule has 0 radical (unpaired) electrons. The van der Waals surface area contributed by atoms with Crippen molar-refractivity contribution in [3.63, 3.8) is 0 Å². The lowest BCUT2D eigenvalue weighted by atomic mass is 13.9. The van der Waals surface area contributed by atoms with Gasteiger partial charge >= 0.3 is 0 Å². The van der Waals surface area contributed by atoms with Gasteiger partial charge in [-0.1, -0.05) is 0 Å². The molecule has 0 rings (SSSR count). The molecular weight excluding hydrogens is 172 g/mol. The van der Waals surface area contributed by atoms with E-state index in [2.05, 4.69) is 9.81 Å². The van der Waals surface area contributed by atoms with Gasteiger partial charge in [-0.05, 0) is 0 Å². The van der Waals surface area contributed by atoms with E-state index in [4.69, 9.17) is 0 Å². The van der Waals surface area contributed by atoms with Crippen molar-refractivity contribution in [2.45, 2.75) is 0 Å². The number of nitrogens with two attached hydrogens (primary N) is 1. The van der Waals surface area contributed by atoms with E-state index < -0.39 is 15.6 Å². The van der Waals surface area contributed by atoms with Gasteiger partial charge in [0.15, 0.2) is 0 Å². The Morgan fingerprint density at radius 1 is 1.22 bits per heavy atom. The zero-order valence-corrected chi connectivity index (χ0v) is 5.71. The molecule has 1 atom stereocenters. The summed E-state index contributed by atoms with van der Waals surface area (Å²) in [6.07, 6.45) is 0. The average molecular weight is 174 g/mol. The molecule has 0 saturated heterocycles. The van der Waals surface area contributed by atoms with Crippen LogP contribution in [0.4, 0.5) is 0 Å². The van der Waals surface area contributed by atoms with Gasteiger partial charge in [-0.3, -0.25) is 14.4 Å². The second-order valence-corrected chi connectivity index (χ2v) is 3.70.